The van der Waals surface area contributed by atoms with Gasteiger partial charge in [-0.3, -0.25) is 20.2 Å². The van der Waals surface area contributed by atoms with E-state index >= 15 is 0 Å². The molecule has 0 amide bonds. The summed E-state index contributed by atoms with van der Waals surface area (Å²) in [7, 11) is 0. The third-order valence-corrected chi connectivity index (χ3v) is 6.29. The van der Waals surface area contributed by atoms with Gasteiger partial charge in [-0.05, 0) is 62.8 Å². The molecule has 17 heteroatoms. The Labute approximate surface area is 255 Å². The second-order valence-corrected chi connectivity index (χ2v) is 10.7. The molecule has 0 atom stereocenters. The topological polar surface area (TPSA) is 201 Å². The second kappa shape index (κ2) is 15.1. The molecule has 0 aromatic carbocycles. The van der Waals surface area contributed by atoms with Crippen molar-refractivity contribution in [2.24, 2.45) is 5.73 Å². The molecule has 3 aromatic heterocycles. The van der Waals surface area contributed by atoms with Gasteiger partial charge in [0.1, 0.15) is 15.5 Å². The van der Waals surface area contributed by atoms with Crippen LogP contribution in [0.1, 0.15) is 38.5 Å². The quantitative estimate of drug-likeness (QED) is 0.129. The summed E-state index contributed by atoms with van der Waals surface area (Å²) in [4.78, 5) is 31.2. The number of nitrogen functional groups attached to an aromatic ring is 1. The smallest absolute Gasteiger partial charge is 0.311 e. The fourth-order valence-corrected chi connectivity index (χ4v) is 3.43. The van der Waals surface area contributed by atoms with Gasteiger partial charge in [0.15, 0.2) is 5.82 Å². The lowest BCUT2D eigenvalue weighted by Crippen LogP contribution is -2.06. The second-order valence-electron chi connectivity index (χ2n) is 9.21. The Morgan fingerprint density at radius 2 is 1.10 bits per heavy atom. The molecule has 3 aliphatic rings. The third kappa shape index (κ3) is 12.0. The number of anilines is 3. The number of hydrogen-bond acceptors (Lipinski definition) is 11. The van der Waals surface area contributed by atoms with Crippen LogP contribution in [0.3, 0.4) is 0 Å². The summed E-state index contributed by atoms with van der Waals surface area (Å²) < 4.78 is 0. The lowest BCUT2D eigenvalue weighted by molar-refractivity contribution is -0.385. The summed E-state index contributed by atoms with van der Waals surface area (Å²) in [5.41, 5.74) is 11.3. The van der Waals surface area contributed by atoms with E-state index in [0.29, 0.717) is 34.8 Å². The zero-order valence-electron chi connectivity index (χ0n) is 21.5. The maximum absolute atomic E-state index is 10.6. The Balaban J connectivity index is 0.000000159. The molecule has 0 unspecified atom stereocenters. The van der Waals surface area contributed by atoms with Crippen LogP contribution < -0.4 is 22.1 Å². The highest BCUT2D eigenvalue weighted by molar-refractivity contribution is 6.33. The molecule has 3 fully saturated rings. The number of aromatic nitrogens is 3. The van der Waals surface area contributed by atoms with E-state index in [0.717, 1.165) is 12.8 Å². The summed E-state index contributed by atoms with van der Waals surface area (Å²) in [6.45, 7) is 0. The number of hydrogen-bond donors (Lipinski definition) is 4. The molecule has 6 rings (SSSR count). The van der Waals surface area contributed by atoms with Gasteiger partial charge in [-0.2, -0.15) is 0 Å². The van der Waals surface area contributed by atoms with Gasteiger partial charge in [0.05, 0.1) is 15.5 Å². The molecule has 0 bridgehead atoms. The Kier molecular flexibility index (Phi) is 11.9. The van der Waals surface area contributed by atoms with Crippen molar-refractivity contribution in [3.63, 3.8) is 0 Å². The van der Waals surface area contributed by atoms with Crippen LogP contribution in [0.2, 0.25) is 20.6 Å². The van der Waals surface area contributed by atoms with E-state index in [4.69, 9.17) is 57.9 Å². The van der Waals surface area contributed by atoms with Crippen molar-refractivity contribution >= 4 is 75.1 Å². The molecule has 13 nitrogen and oxygen atoms in total. The molecule has 41 heavy (non-hydrogen) atoms. The third-order valence-electron chi connectivity index (χ3n) is 5.38. The summed E-state index contributed by atoms with van der Waals surface area (Å²) in [5, 5.41) is 27.7. The maximum Gasteiger partial charge on any atom is 0.311 e. The minimum Gasteiger partial charge on any atom is -0.396 e. The average molecular weight is 647 g/mol. The highest BCUT2D eigenvalue weighted by atomic mass is 35.5. The maximum atomic E-state index is 10.6. The van der Waals surface area contributed by atoms with Crippen molar-refractivity contribution in [3.05, 3.63) is 77.2 Å². The Morgan fingerprint density at radius 1 is 0.683 bits per heavy atom. The molecule has 6 N–H and O–H groups in total. The largest absolute Gasteiger partial charge is 0.396 e. The van der Waals surface area contributed by atoms with E-state index in [1.165, 1.54) is 49.9 Å². The molecule has 0 radical (unpaired) electrons. The number of nitrogens with two attached hydrogens (primary N) is 2. The van der Waals surface area contributed by atoms with Gasteiger partial charge < -0.3 is 22.1 Å². The fraction of sp³-hybridized carbons (Fsp3) is 0.375. The SMILES string of the molecule is NC1CC1.Nc1ccc(Cl)nc1NC1CC1.O=[N+]([O-])c1ccc(Cl)nc1Cl.O=[N+]([O-])c1ccc(Cl)nc1NC1CC1. The zero-order chi connectivity index (χ0) is 30.1. The van der Waals surface area contributed by atoms with Crippen LogP contribution >= 0.6 is 46.4 Å². The molecule has 0 aliphatic heterocycles. The molecule has 3 aliphatic carbocycles. The first kappa shape index (κ1) is 32.3. The average Bonchev–Trinajstić information content (AvgIpc) is 3.74. The Morgan fingerprint density at radius 3 is 1.54 bits per heavy atom. The van der Waals surface area contributed by atoms with Crippen LogP contribution in [0.25, 0.3) is 0 Å². The molecule has 3 heterocycles. The highest BCUT2D eigenvalue weighted by Crippen LogP contribution is 2.30. The summed E-state index contributed by atoms with van der Waals surface area (Å²) in [6.07, 6.45) is 7.00. The van der Waals surface area contributed by atoms with Crippen LogP contribution in [-0.4, -0.2) is 42.9 Å². The predicted molar refractivity (Wildman–Crippen MR) is 161 cm³/mol. The summed E-state index contributed by atoms with van der Waals surface area (Å²) >= 11 is 22.2. The van der Waals surface area contributed by atoms with Crippen molar-refractivity contribution in [1.29, 1.82) is 0 Å². The number of nitro groups is 2. The molecule has 0 saturated heterocycles. The highest BCUT2D eigenvalue weighted by Gasteiger charge is 2.26. The van der Waals surface area contributed by atoms with Crippen LogP contribution in [0.15, 0.2) is 36.4 Å². The Bertz CT molecular complexity index is 1370. The van der Waals surface area contributed by atoms with E-state index < -0.39 is 9.85 Å². The van der Waals surface area contributed by atoms with Gasteiger partial charge in [-0.15, -0.1) is 0 Å². The lowest BCUT2D eigenvalue weighted by atomic mass is 10.4. The summed E-state index contributed by atoms with van der Waals surface area (Å²) in [5.74, 6) is 0.981. The van der Waals surface area contributed by atoms with Gasteiger partial charge in [0, 0.05) is 30.3 Å². The number of rotatable bonds is 6. The molecule has 220 valence electrons. The van der Waals surface area contributed by atoms with E-state index in [1.54, 1.807) is 12.1 Å². The van der Waals surface area contributed by atoms with Gasteiger partial charge in [0.2, 0.25) is 11.0 Å². The standard InChI is InChI=1S/C8H8ClN3O2.C8H10ClN3.C5H2Cl2N2O2.C3H7N/c9-7-4-3-6(12(13)14)8(11-7)10-5-1-2-5;9-7-4-3-6(10)8(12-7)11-5-1-2-5;6-4-2-1-3(9(10)11)5(7)8-4;4-3-1-2-3/h3-5H,1-2H2,(H,10,11);3-5H,1-2,10H2,(H,11,12);1-2H;3H,1-2,4H2. The summed E-state index contributed by atoms with van der Waals surface area (Å²) in [6, 6.07) is 10.2. The first-order valence-electron chi connectivity index (χ1n) is 12.4. The molecule has 0 spiro atoms. The van der Waals surface area contributed by atoms with Crippen molar-refractivity contribution in [2.75, 3.05) is 16.4 Å². The van der Waals surface area contributed by atoms with E-state index in [2.05, 4.69) is 25.6 Å². The van der Waals surface area contributed by atoms with Crippen molar-refractivity contribution in [2.45, 2.75) is 56.7 Å². The zero-order valence-corrected chi connectivity index (χ0v) is 24.5. The van der Waals surface area contributed by atoms with Gasteiger partial charge in [-0.25, -0.2) is 15.0 Å². The van der Waals surface area contributed by atoms with E-state index in [9.17, 15) is 20.2 Å². The fourth-order valence-electron chi connectivity index (χ4n) is 2.72. The lowest BCUT2D eigenvalue weighted by Gasteiger charge is -2.06. The minimum absolute atomic E-state index is 0.0266. The van der Waals surface area contributed by atoms with Crippen molar-refractivity contribution < 1.29 is 9.85 Å². The predicted octanol–water partition coefficient (Wildman–Crippen LogP) is 6.51. The normalized spacial score (nSPS) is 15.0. The first-order chi connectivity index (χ1) is 19.4. The number of nitrogens with zero attached hydrogens (tertiary/aromatic N) is 5. The number of halogens is 4. The monoisotopic (exact) mass is 645 g/mol. The number of nitrogens with one attached hydrogen (secondary N) is 2. The van der Waals surface area contributed by atoms with Crippen LogP contribution in [-0.2, 0) is 0 Å². The van der Waals surface area contributed by atoms with Crippen LogP contribution in [0.5, 0.6) is 0 Å². The van der Waals surface area contributed by atoms with Gasteiger partial charge in [-0.1, -0.05) is 46.4 Å². The number of pyridine rings is 3. The van der Waals surface area contributed by atoms with Crippen molar-refractivity contribution in [3.8, 4) is 0 Å². The molecule has 3 saturated carbocycles. The molecular formula is C24H27Cl4N9O4. The van der Waals surface area contributed by atoms with Crippen molar-refractivity contribution in [1.82, 2.24) is 15.0 Å². The Hall–Kier alpha value is -3.23. The molecule has 3 aromatic rings. The van der Waals surface area contributed by atoms with Crippen LogP contribution in [0, 0.1) is 20.2 Å². The van der Waals surface area contributed by atoms with Gasteiger partial charge in [0.25, 0.3) is 0 Å². The van der Waals surface area contributed by atoms with E-state index in [-0.39, 0.29) is 32.7 Å². The first-order valence-corrected chi connectivity index (χ1v) is 13.9. The minimum atomic E-state index is -0.619. The van der Waals surface area contributed by atoms with Gasteiger partial charge >= 0.3 is 11.4 Å². The van der Waals surface area contributed by atoms with E-state index in [1.807, 2.05) is 0 Å². The van der Waals surface area contributed by atoms with Crippen LogP contribution in [0.4, 0.5) is 28.7 Å². The molecular weight excluding hydrogens is 620 g/mol.